The van der Waals surface area contributed by atoms with Crippen molar-refractivity contribution in [2.45, 2.75) is 13.0 Å². The Labute approximate surface area is 191 Å². The number of nitrogens with zero attached hydrogens (tertiary/aromatic N) is 2. The number of nitrogens with one attached hydrogen (secondary N) is 2. The van der Waals surface area contributed by atoms with E-state index in [0.29, 0.717) is 43.0 Å². The van der Waals surface area contributed by atoms with Crippen LogP contribution >= 0.6 is 0 Å². The molecule has 1 aliphatic carbocycles. The van der Waals surface area contributed by atoms with Gasteiger partial charge in [-0.3, -0.25) is 20.0 Å². The van der Waals surface area contributed by atoms with Gasteiger partial charge in [0, 0.05) is 38.0 Å². The number of rotatable bonds is 11. The van der Waals surface area contributed by atoms with Gasteiger partial charge in [0.1, 0.15) is 11.9 Å². The van der Waals surface area contributed by atoms with Gasteiger partial charge in [-0.2, -0.15) is 0 Å². The summed E-state index contributed by atoms with van der Waals surface area (Å²) in [7, 11) is 0. The van der Waals surface area contributed by atoms with Crippen molar-refractivity contribution in [3.8, 4) is 0 Å². The molecule has 0 bridgehead atoms. The number of cyclic esters (lactones) is 1. The lowest BCUT2D eigenvalue weighted by molar-refractivity contribution is -0.119. The van der Waals surface area contributed by atoms with E-state index in [1.165, 1.54) is 23.5 Å². The molecule has 3 aliphatic rings. The van der Waals surface area contributed by atoms with Gasteiger partial charge < -0.3 is 24.8 Å². The van der Waals surface area contributed by atoms with E-state index in [1.54, 1.807) is 12.1 Å². The van der Waals surface area contributed by atoms with Crippen LogP contribution in [-0.2, 0) is 19.1 Å². The fourth-order valence-electron chi connectivity index (χ4n) is 4.28. The molecule has 0 unspecified atom stereocenters. The van der Waals surface area contributed by atoms with E-state index in [9.17, 15) is 14.0 Å². The number of aliphatic hydroxyl groups excluding tert-OH is 1. The Morgan fingerprint density at radius 3 is 2.76 bits per heavy atom. The Bertz CT molecular complexity index is 899. The molecule has 2 heterocycles. The summed E-state index contributed by atoms with van der Waals surface area (Å²) < 4.78 is 25.2. The number of halogens is 1. The lowest BCUT2D eigenvalue weighted by Crippen LogP contribution is -2.33. The normalized spacial score (nSPS) is 24.8. The maximum absolute atomic E-state index is 14.9. The smallest absolute Gasteiger partial charge is 0.414 e. The Morgan fingerprint density at radius 1 is 1.27 bits per heavy atom. The number of carbonyl (C=O) groups excluding carboxylic acids is 2. The van der Waals surface area contributed by atoms with Crippen LogP contribution in [0.2, 0.25) is 0 Å². The van der Waals surface area contributed by atoms with Gasteiger partial charge >= 0.3 is 6.09 Å². The molecule has 10 nitrogen and oxygen atoms in total. The number of hydrogen-bond donors (Lipinski definition) is 3. The lowest BCUT2D eigenvalue weighted by atomic mass is 10.2. The molecule has 3 N–H and O–H groups in total. The largest absolute Gasteiger partial charge is 0.442 e. The number of hydrogen-bond acceptors (Lipinski definition) is 8. The van der Waals surface area contributed by atoms with Gasteiger partial charge in [0.05, 0.1) is 50.9 Å². The summed E-state index contributed by atoms with van der Waals surface area (Å²) in [5.41, 5.74) is 5.01. The monoisotopic (exact) mass is 464 g/mol. The number of benzene rings is 1. The summed E-state index contributed by atoms with van der Waals surface area (Å²) in [6.45, 7) is 4.38. The van der Waals surface area contributed by atoms with Crippen LogP contribution < -0.4 is 20.6 Å². The summed E-state index contributed by atoms with van der Waals surface area (Å²) in [5.74, 6) is 0.151. The number of amides is 2. The minimum absolute atomic E-state index is 0.00808. The maximum Gasteiger partial charge on any atom is 0.414 e. The predicted molar refractivity (Wildman–Crippen MR) is 117 cm³/mol. The van der Waals surface area contributed by atoms with E-state index < -0.39 is 12.2 Å². The molecule has 3 atom stereocenters. The Hall–Kier alpha value is -2.89. The van der Waals surface area contributed by atoms with Gasteiger partial charge in [0.25, 0.3) is 0 Å². The van der Waals surface area contributed by atoms with Gasteiger partial charge in [-0.05, 0) is 23.8 Å². The molecule has 0 radical (unpaired) electrons. The molecular weight excluding hydrogens is 435 g/mol. The Kier molecular flexibility index (Phi) is 7.31. The van der Waals surface area contributed by atoms with Gasteiger partial charge in [0.15, 0.2) is 0 Å². The molecule has 1 aromatic carbocycles. The van der Waals surface area contributed by atoms with Crippen molar-refractivity contribution in [3.63, 3.8) is 0 Å². The second kappa shape index (κ2) is 10.4. The fraction of sp³-hybridized carbons (Fsp3) is 0.545. The molecule has 4 rings (SSSR count). The van der Waals surface area contributed by atoms with E-state index in [4.69, 9.17) is 19.4 Å². The molecule has 180 valence electrons. The van der Waals surface area contributed by atoms with Crippen molar-refractivity contribution in [3.05, 3.63) is 35.8 Å². The molecule has 1 aromatic rings. The Balaban J connectivity index is 1.25. The van der Waals surface area contributed by atoms with Crippen molar-refractivity contribution >= 4 is 23.4 Å². The molecule has 0 aromatic heterocycles. The molecule has 2 amide bonds. The minimum Gasteiger partial charge on any atom is -0.442 e. The van der Waals surface area contributed by atoms with Crippen molar-refractivity contribution < 1.29 is 33.4 Å². The first-order valence-corrected chi connectivity index (χ1v) is 11.0. The third kappa shape index (κ3) is 5.55. The summed E-state index contributed by atoms with van der Waals surface area (Å²) in [5, 5.41) is 11.2. The summed E-state index contributed by atoms with van der Waals surface area (Å²) >= 11 is 0. The topological polar surface area (TPSA) is 113 Å². The third-order valence-electron chi connectivity index (χ3n) is 5.98. The highest BCUT2D eigenvalue weighted by molar-refractivity contribution is 5.90. The second-order valence-electron chi connectivity index (χ2n) is 8.25. The van der Waals surface area contributed by atoms with Crippen LogP contribution in [-0.4, -0.2) is 75.8 Å². The number of hydroxylamine groups is 1. The molecule has 0 spiro atoms. The SMILES string of the molecule is CC(=O)NC[C@H]1CN(c2ccc(N3C[C@@H]4C(=CNOCCOCCO)[C@@H]4C3)c(F)c2)C(=O)O1. The quantitative estimate of drug-likeness (QED) is 0.325. The molecule has 2 aliphatic heterocycles. The first kappa shape index (κ1) is 23.3. The zero-order valence-corrected chi connectivity index (χ0v) is 18.5. The number of aliphatic hydroxyl groups is 1. The molecule has 33 heavy (non-hydrogen) atoms. The van der Waals surface area contributed by atoms with Crippen LogP contribution in [0.4, 0.5) is 20.6 Å². The number of fused-ring (bicyclic) bond motifs is 1. The first-order valence-electron chi connectivity index (χ1n) is 11.0. The second-order valence-corrected chi connectivity index (χ2v) is 8.25. The van der Waals surface area contributed by atoms with E-state index >= 15 is 0 Å². The molecule has 3 fully saturated rings. The van der Waals surface area contributed by atoms with Crippen LogP contribution in [0, 0.1) is 17.7 Å². The first-order chi connectivity index (χ1) is 16.0. The van der Waals surface area contributed by atoms with Gasteiger partial charge in [-0.15, -0.1) is 0 Å². The number of anilines is 2. The highest BCUT2D eigenvalue weighted by Gasteiger charge is 2.51. The van der Waals surface area contributed by atoms with Crippen molar-refractivity contribution in [2.24, 2.45) is 11.8 Å². The van der Waals surface area contributed by atoms with Crippen LogP contribution in [0.3, 0.4) is 0 Å². The summed E-state index contributed by atoms with van der Waals surface area (Å²) in [6, 6.07) is 4.77. The maximum atomic E-state index is 14.9. The minimum atomic E-state index is -0.552. The van der Waals surface area contributed by atoms with E-state index in [0.717, 1.165) is 13.1 Å². The van der Waals surface area contributed by atoms with Crippen LogP contribution in [0.5, 0.6) is 0 Å². The van der Waals surface area contributed by atoms with Crippen LogP contribution in [0.25, 0.3) is 0 Å². The van der Waals surface area contributed by atoms with E-state index in [2.05, 4.69) is 10.8 Å². The van der Waals surface area contributed by atoms with Crippen molar-refractivity contribution in [1.82, 2.24) is 10.8 Å². The predicted octanol–water partition coefficient (Wildman–Crippen LogP) is 0.767. The lowest BCUT2D eigenvalue weighted by Gasteiger charge is -2.22. The van der Waals surface area contributed by atoms with Crippen LogP contribution in [0.15, 0.2) is 30.0 Å². The van der Waals surface area contributed by atoms with E-state index in [1.807, 2.05) is 11.1 Å². The molecule has 1 saturated carbocycles. The standard InChI is InChI=1S/C22H29FN4O6/c1-14(29)24-9-16-11-27(22(30)33-16)15-2-3-21(20(23)8-15)26-12-18-17(19(18)13-26)10-25-32-7-6-31-5-4-28/h2-3,8,10,16,18-19,25,28H,4-7,9,11-13H2,1H3,(H,24,29)/t16-,18-,19+/m0/s1. The Morgan fingerprint density at radius 2 is 2.06 bits per heavy atom. The van der Waals surface area contributed by atoms with E-state index in [-0.39, 0.29) is 31.4 Å². The number of piperidine rings is 1. The number of carbonyl (C=O) groups is 2. The fourth-order valence-corrected chi connectivity index (χ4v) is 4.28. The van der Waals surface area contributed by atoms with Crippen molar-refractivity contribution in [1.29, 1.82) is 0 Å². The van der Waals surface area contributed by atoms with Crippen LogP contribution in [0.1, 0.15) is 6.92 Å². The highest BCUT2D eigenvalue weighted by atomic mass is 19.1. The van der Waals surface area contributed by atoms with Gasteiger partial charge in [0.2, 0.25) is 5.91 Å². The third-order valence-corrected chi connectivity index (χ3v) is 5.98. The average Bonchev–Trinajstić information content (AvgIpc) is 3.10. The van der Waals surface area contributed by atoms with Crippen molar-refractivity contribution in [2.75, 3.05) is 62.4 Å². The molecule has 2 saturated heterocycles. The molecular formula is C22H29FN4O6. The zero-order valence-electron chi connectivity index (χ0n) is 18.5. The van der Waals surface area contributed by atoms with Gasteiger partial charge in [-0.25, -0.2) is 9.18 Å². The summed E-state index contributed by atoms with van der Waals surface area (Å²) in [6.07, 6.45) is 0.837. The molecule has 11 heteroatoms. The zero-order chi connectivity index (χ0) is 23.4. The van der Waals surface area contributed by atoms with Gasteiger partial charge in [-0.1, -0.05) is 0 Å². The highest BCUT2D eigenvalue weighted by Crippen LogP contribution is 2.52. The number of ether oxygens (including phenoxy) is 2. The summed E-state index contributed by atoms with van der Waals surface area (Å²) in [4.78, 5) is 31.9. The average molecular weight is 464 g/mol.